The molecule has 0 saturated heterocycles. The largest absolute Gasteiger partial charge is 0.269 e. The molecule has 0 aliphatic rings. The summed E-state index contributed by atoms with van der Waals surface area (Å²) in [6.45, 7) is 0. The summed E-state index contributed by atoms with van der Waals surface area (Å²) in [7, 11) is 0. The molecule has 0 heterocycles. The van der Waals surface area contributed by atoms with Gasteiger partial charge in [0.2, 0.25) is 0 Å². The summed E-state index contributed by atoms with van der Waals surface area (Å²) < 4.78 is 0. The molecule has 0 aromatic rings. The lowest BCUT2D eigenvalue weighted by atomic mass is 19.0. The third-order valence-electron chi connectivity index (χ3n) is 0. The molecule has 0 spiro atoms. The van der Waals surface area contributed by atoms with Gasteiger partial charge in [0.15, 0.2) is 0 Å². The van der Waals surface area contributed by atoms with Gasteiger partial charge in [-0.3, -0.25) is 14.1 Å². The summed E-state index contributed by atoms with van der Waals surface area (Å²) in [6, 6.07) is 0. The highest BCUT2D eigenvalue weighted by molar-refractivity contribution is 14.0. The lowest BCUT2D eigenvalue weighted by Crippen LogP contribution is 0.419. The van der Waals surface area contributed by atoms with Crippen LogP contribution in [0.5, 0.6) is 0 Å². The molecule has 0 rings (SSSR count). The Kier molecular flexibility index (Phi) is 1050. The molecule has 0 N–H and O–H groups in total. The van der Waals surface area contributed by atoms with E-state index in [9.17, 15) is 0 Å². The van der Waals surface area contributed by atoms with Gasteiger partial charge < -0.3 is 0 Å². The van der Waals surface area contributed by atoms with Crippen LogP contribution in [-0.2, 0) is 0 Å². The van der Waals surface area contributed by atoms with Gasteiger partial charge >= 0.3 is 0 Å². The Bertz CT molecular complexity index is 6.00. The first-order valence-corrected chi connectivity index (χ1v) is 0. The fourth-order valence-corrected chi connectivity index (χ4v) is 0. The summed E-state index contributed by atoms with van der Waals surface area (Å²) in [5.41, 5.74) is 0. The Morgan fingerprint density at radius 1 is 0.333 bits per heavy atom. The molecule has 0 aromatic carbocycles. The molecular formula is H6F3I3. The number of rotatable bonds is 0. The van der Waals surface area contributed by atoms with Crippen LogP contribution < -0.4 is 0 Å². The number of halogens is 6. The van der Waals surface area contributed by atoms with Gasteiger partial charge in [-0.25, -0.2) is 0 Å². The van der Waals surface area contributed by atoms with Gasteiger partial charge in [-0.1, -0.05) is 0 Å². The highest BCUT2D eigenvalue weighted by Crippen LogP contribution is 0.888. The Hall–Kier alpha value is 1.98. The van der Waals surface area contributed by atoms with Crippen LogP contribution in [0.15, 0.2) is 0 Å². The zero-order valence-corrected chi connectivity index (χ0v) is 9.44. The monoisotopic (exact) mass is 444 g/mol. The van der Waals surface area contributed by atoms with Crippen molar-refractivity contribution in [3.8, 4) is 0 Å². The lowest BCUT2D eigenvalue weighted by molar-refractivity contribution is 1.11. The van der Waals surface area contributed by atoms with E-state index in [1.165, 1.54) is 0 Å². The first-order valence-electron chi connectivity index (χ1n) is 0. The van der Waals surface area contributed by atoms with Crippen molar-refractivity contribution in [2.75, 3.05) is 0 Å². The average molecular weight is 444 g/mol. The maximum absolute atomic E-state index is 0. The Morgan fingerprint density at radius 2 is 0.333 bits per heavy atom. The van der Waals surface area contributed by atoms with Crippen molar-refractivity contribution in [2.24, 2.45) is 0 Å². The molecule has 48 valence electrons. The summed E-state index contributed by atoms with van der Waals surface area (Å²) in [4.78, 5) is 0. The van der Waals surface area contributed by atoms with Crippen molar-refractivity contribution in [1.82, 2.24) is 0 Å². The van der Waals surface area contributed by atoms with E-state index in [0.717, 1.165) is 0 Å². The summed E-state index contributed by atoms with van der Waals surface area (Å²) in [5.74, 6) is 0. The van der Waals surface area contributed by atoms with Crippen LogP contribution in [0.25, 0.3) is 0 Å². The standard InChI is InChI=1S/3FH.3HI/h6*1H. The fourth-order valence-electron chi connectivity index (χ4n) is 0. The number of hydrogen-bond donors (Lipinski definition) is 0. The van der Waals surface area contributed by atoms with Crippen molar-refractivity contribution in [3.05, 3.63) is 0 Å². The first kappa shape index (κ1) is 99.2. The molecule has 0 amide bonds. The molecule has 0 aliphatic carbocycles. The van der Waals surface area contributed by atoms with Gasteiger partial charge in [0.05, 0.1) is 0 Å². The minimum atomic E-state index is 0. The normalized spacial score (nSPS) is 0. The molecule has 0 aromatic heterocycles. The van der Waals surface area contributed by atoms with Crippen molar-refractivity contribution >= 4 is 71.9 Å². The molecule has 6 heavy (non-hydrogen) atoms. The van der Waals surface area contributed by atoms with E-state index >= 15 is 0 Å². The van der Waals surface area contributed by atoms with Crippen LogP contribution in [0.4, 0.5) is 14.1 Å². The third-order valence-corrected chi connectivity index (χ3v) is 0. The van der Waals surface area contributed by atoms with E-state index in [0.29, 0.717) is 0 Å². The highest BCUT2D eigenvalue weighted by atomic mass is 127. The average Bonchev–Trinajstić information content (AvgIpc) is 0. The van der Waals surface area contributed by atoms with Crippen molar-refractivity contribution in [2.45, 2.75) is 0 Å². The van der Waals surface area contributed by atoms with Crippen molar-refractivity contribution < 1.29 is 14.1 Å². The van der Waals surface area contributed by atoms with Crippen LogP contribution in [0, 0.1) is 0 Å². The maximum atomic E-state index is 0. The predicted octanol–water partition coefficient (Wildman–Crippen LogP) is 2.31. The molecule has 6 heteroatoms. The quantitative estimate of drug-likeness (QED) is 0.504. The Morgan fingerprint density at radius 3 is 0.333 bits per heavy atom. The second kappa shape index (κ2) is 63.7. The van der Waals surface area contributed by atoms with Gasteiger partial charge in [-0.15, -0.1) is 71.9 Å². The van der Waals surface area contributed by atoms with E-state index in [1.54, 1.807) is 0 Å². The van der Waals surface area contributed by atoms with E-state index in [1.807, 2.05) is 0 Å². The van der Waals surface area contributed by atoms with Crippen LogP contribution in [0.3, 0.4) is 0 Å². The number of hydrogen-bond acceptors (Lipinski definition) is 0. The van der Waals surface area contributed by atoms with E-state index in [2.05, 4.69) is 0 Å². The summed E-state index contributed by atoms with van der Waals surface area (Å²) >= 11 is 0. The second-order valence-electron chi connectivity index (χ2n) is 0. The SMILES string of the molecule is F.F.F.I.I.I. The van der Waals surface area contributed by atoms with Gasteiger partial charge in [0.25, 0.3) is 0 Å². The predicted molar refractivity (Wildman–Crippen MR) is 53.8 cm³/mol. The van der Waals surface area contributed by atoms with Crippen LogP contribution >= 0.6 is 71.9 Å². The van der Waals surface area contributed by atoms with Gasteiger partial charge in [0, 0.05) is 0 Å². The second-order valence-corrected chi connectivity index (χ2v) is 0. The Labute approximate surface area is 85.0 Å². The van der Waals surface area contributed by atoms with Crippen molar-refractivity contribution in [3.63, 3.8) is 0 Å². The maximum Gasteiger partial charge on any atom is -0.107 e. The zero-order chi connectivity index (χ0) is 0. The molecule has 0 saturated carbocycles. The van der Waals surface area contributed by atoms with E-state index < -0.39 is 0 Å². The molecule has 0 radical (unpaired) electrons. The van der Waals surface area contributed by atoms with Crippen LogP contribution in [0.1, 0.15) is 0 Å². The molecule has 0 unspecified atom stereocenters. The van der Waals surface area contributed by atoms with Crippen LogP contribution in [0.2, 0.25) is 0 Å². The smallest absolute Gasteiger partial charge is 0.107 e. The highest BCUT2D eigenvalue weighted by Gasteiger charge is -0.105. The van der Waals surface area contributed by atoms with Crippen LogP contribution in [-0.4, -0.2) is 0 Å². The molecule has 0 aliphatic heterocycles. The van der Waals surface area contributed by atoms with E-state index in [4.69, 9.17) is 0 Å². The molecule has 0 fully saturated rings. The first-order chi connectivity index (χ1) is 0. The minimum Gasteiger partial charge on any atom is -0.269 e. The minimum absolute atomic E-state index is 0. The third kappa shape index (κ3) is 37.8. The topological polar surface area (TPSA) is 0 Å². The van der Waals surface area contributed by atoms with Gasteiger partial charge in [-0.2, -0.15) is 0 Å². The Balaban J connectivity index is 0. The zero-order valence-electron chi connectivity index (χ0n) is 2.45. The molecular weight excluding hydrogens is 438 g/mol. The van der Waals surface area contributed by atoms with Crippen molar-refractivity contribution in [1.29, 1.82) is 0 Å². The molecule has 0 atom stereocenters. The van der Waals surface area contributed by atoms with Gasteiger partial charge in [-0.05, 0) is 0 Å². The van der Waals surface area contributed by atoms with Gasteiger partial charge in [0.1, 0.15) is 0 Å². The molecule has 0 bridgehead atoms. The van der Waals surface area contributed by atoms with E-state index in [-0.39, 0.29) is 86.0 Å². The lowest BCUT2D eigenvalue weighted by Gasteiger charge is -0.270. The summed E-state index contributed by atoms with van der Waals surface area (Å²) in [6.07, 6.45) is 0. The summed E-state index contributed by atoms with van der Waals surface area (Å²) in [5, 5.41) is 0. The fraction of sp³-hybridized carbons (Fsp3) is 0. The molecule has 0 nitrogen and oxygen atoms in total.